The molecule has 2 aromatic carbocycles. The molecule has 0 fully saturated rings. The van der Waals surface area contributed by atoms with Crippen molar-refractivity contribution in [3.8, 4) is 0 Å². The molecule has 1 N–H and O–H groups in total. The van der Waals surface area contributed by atoms with E-state index in [1.165, 1.54) is 6.07 Å². The van der Waals surface area contributed by atoms with Gasteiger partial charge in [0, 0.05) is 17.5 Å². The summed E-state index contributed by atoms with van der Waals surface area (Å²) in [7, 11) is 0. The third kappa shape index (κ3) is 2.91. The number of aryl methyl sites for hydroxylation is 1. The van der Waals surface area contributed by atoms with Crippen LogP contribution in [0.4, 0.5) is 5.69 Å². The van der Waals surface area contributed by atoms with E-state index in [4.69, 9.17) is 5.11 Å². The fourth-order valence-electron chi connectivity index (χ4n) is 2.44. The summed E-state index contributed by atoms with van der Waals surface area (Å²) in [5.74, 6) is -0.993. The molecule has 5 nitrogen and oxygen atoms in total. The Labute approximate surface area is 122 Å². The second kappa shape index (κ2) is 5.75. The molecule has 0 radical (unpaired) electrons. The molecule has 0 saturated carbocycles. The third-order valence-electron chi connectivity index (χ3n) is 3.56. The van der Waals surface area contributed by atoms with Gasteiger partial charge >= 0.3 is 5.97 Å². The lowest BCUT2D eigenvalue weighted by Crippen LogP contribution is -2.04. The van der Waals surface area contributed by atoms with Crippen molar-refractivity contribution in [2.75, 3.05) is 0 Å². The van der Waals surface area contributed by atoms with Crippen molar-refractivity contribution in [1.82, 2.24) is 0 Å². The van der Waals surface area contributed by atoms with E-state index in [1.807, 2.05) is 0 Å². The molecule has 5 heteroatoms. The molecular formula is C16H15NO4. The van der Waals surface area contributed by atoms with Crippen LogP contribution in [-0.2, 0) is 6.42 Å². The zero-order valence-corrected chi connectivity index (χ0v) is 11.8. The number of hydrogen-bond donors (Lipinski definition) is 1. The number of para-hydroxylation sites is 1. The maximum Gasteiger partial charge on any atom is 0.335 e. The van der Waals surface area contributed by atoms with Crippen molar-refractivity contribution in [3.63, 3.8) is 0 Å². The Bertz CT molecular complexity index is 722. The highest BCUT2D eigenvalue weighted by atomic mass is 16.6. The Kier molecular flexibility index (Phi) is 4.03. The number of carbonyl (C=O) groups is 1. The Morgan fingerprint density at radius 3 is 2.38 bits per heavy atom. The van der Waals surface area contributed by atoms with Gasteiger partial charge in [-0.2, -0.15) is 0 Å². The minimum Gasteiger partial charge on any atom is -0.478 e. The maximum atomic E-state index is 11.2. The van der Waals surface area contributed by atoms with Gasteiger partial charge in [-0.1, -0.05) is 30.3 Å². The lowest BCUT2D eigenvalue weighted by Gasteiger charge is -2.10. The zero-order valence-electron chi connectivity index (χ0n) is 11.8. The topological polar surface area (TPSA) is 80.4 Å². The van der Waals surface area contributed by atoms with Gasteiger partial charge in [-0.25, -0.2) is 4.79 Å². The van der Waals surface area contributed by atoms with Gasteiger partial charge in [0.05, 0.1) is 10.5 Å². The predicted molar refractivity (Wildman–Crippen MR) is 78.8 cm³/mol. The van der Waals surface area contributed by atoms with Crippen LogP contribution >= 0.6 is 0 Å². The van der Waals surface area contributed by atoms with Crippen molar-refractivity contribution in [2.45, 2.75) is 20.3 Å². The fraction of sp³-hybridized carbons (Fsp3) is 0.188. The number of nitro benzene ring substituents is 1. The lowest BCUT2D eigenvalue weighted by atomic mass is 9.95. The Balaban J connectivity index is 2.49. The quantitative estimate of drug-likeness (QED) is 0.688. The highest BCUT2D eigenvalue weighted by Gasteiger charge is 2.18. The molecule has 0 amide bonds. The summed E-state index contributed by atoms with van der Waals surface area (Å²) >= 11 is 0. The highest BCUT2D eigenvalue weighted by molar-refractivity contribution is 5.89. The summed E-state index contributed by atoms with van der Waals surface area (Å²) in [5, 5.41) is 20.3. The molecule has 0 saturated heterocycles. The van der Waals surface area contributed by atoms with Gasteiger partial charge < -0.3 is 5.11 Å². The van der Waals surface area contributed by atoms with Crippen molar-refractivity contribution >= 4 is 11.7 Å². The van der Waals surface area contributed by atoms with E-state index in [2.05, 4.69) is 0 Å². The molecule has 2 rings (SSSR count). The fourth-order valence-corrected chi connectivity index (χ4v) is 2.44. The first-order valence-electron chi connectivity index (χ1n) is 6.46. The smallest absolute Gasteiger partial charge is 0.335 e. The van der Waals surface area contributed by atoms with Crippen LogP contribution in [0.2, 0.25) is 0 Å². The summed E-state index contributed by atoms with van der Waals surface area (Å²) in [6.45, 7) is 3.42. The largest absolute Gasteiger partial charge is 0.478 e. The van der Waals surface area contributed by atoms with Crippen molar-refractivity contribution in [3.05, 3.63) is 74.3 Å². The monoisotopic (exact) mass is 285 g/mol. The minimum absolute atomic E-state index is 0.0950. The van der Waals surface area contributed by atoms with Gasteiger partial charge in [-0.3, -0.25) is 10.1 Å². The van der Waals surface area contributed by atoms with Crippen LogP contribution in [0.25, 0.3) is 0 Å². The molecule has 0 heterocycles. The summed E-state index contributed by atoms with van der Waals surface area (Å²) in [6.07, 6.45) is 0.338. The number of rotatable bonds is 4. The molecule has 2 aromatic rings. The second-order valence-electron chi connectivity index (χ2n) is 4.91. The van der Waals surface area contributed by atoms with E-state index in [0.717, 1.165) is 5.56 Å². The average molecular weight is 285 g/mol. The molecule has 108 valence electrons. The van der Waals surface area contributed by atoms with E-state index in [9.17, 15) is 14.9 Å². The number of nitrogens with zero attached hydrogens (tertiary/aromatic N) is 1. The molecule has 0 aliphatic heterocycles. The minimum atomic E-state index is -0.993. The zero-order chi connectivity index (χ0) is 15.6. The standard InChI is InChI=1S/C16H15NO4/c1-10-5-3-7-13(15(10)17(20)21)9-12-6-4-8-14(11(12)2)16(18)19/h3-8H,9H2,1-2H3,(H,18,19). The average Bonchev–Trinajstić information content (AvgIpc) is 2.40. The van der Waals surface area contributed by atoms with Crippen LogP contribution in [0.3, 0.4) is 0 Å². The second-order valence-corrected chi connectivity index (χ2v) is 4.91. The first kappa shape index (κ1) is 14.7. The van der Waals surface area contributed by atoms with Gasteiger partial charge in [0.25, 0.3) is 5.69 Å². The maximum absolute atomic E-state index is 11.2. The van der Waals surface area contributed by atoms with Crippen LogP contribution in [0.5, 0.6) is 0 Å². The number of aromatic carboxylic acids is 1. The molecule has 0 atom stereocenters. The highest BCUT2D eigenvalue weighted by Crippen LogP contribution is 2.27. The van der Waals surface area contributed by atoms with Gasteiger partial charge in [0.1, 0.15) is 0 Å². The van der Waals surface area contributed by atoms with E-state index >= 15 is 0 Å². The van der Waals surface area contributed by atoms with Gasteiger partial charge in [0.15, 0.2) is 0 Å². The molecule has 0 spiro atoms. The van der Waals surface area contributed by atoms with E-state index in [0.29, 0.717) is 23.1 Å². The summed E-state index contributed by atoms with van der Waals surface area (Å²) < 4.78 is 0. The van der Waals surface area contributed by atoms with Crippen molar-refractivity contribution in [2.24, 2.45) is 0 Å². The van der Waals surface area contributed by atoms with Crippen LogP contribution < -0.4 is 0 Å². The van der Waals surface area contributed by atoms with Gasteiger partial charge in [0.2, 0.25) is 0 Å². The number of nitro groups is 1. The van der Waals surface area contributed by atoms with Crippen LogP contribution in [-0.4, -0.2) is 16.0 Å². The number of carboxylic acid groups (broad SMARTS) is 1. The van der Waals surface area contributed by atoms with Crippen molar-refractivity contribution < 1.29 is 14.8 Å². The third-order valence-corrected chi connectivity index (χ3v) is 3.56. The Morgan fingerprint density at radius 2 is 1.76 bits per heavy atom. The molecule has 0 aliphatic rings. The number of carboxylic acids is 1. The number of benzene rings is 2. The van der Waals surface area contributed by atoms with E-state index in [1.54, 1.807) is 44.2 Å². The first-order chi connectivity index (χ1) is 9.91. The van der Waals surface area contributed by atoms with Crippen LogP contribution in [0.1, 0.15) is 32.6 Å². The van der Waals surface area contributed by atoms with Crippen LogP contribution in [0.15, 0.2) is 36.4 Å². The molecule has 0 aromatic heterocycles. The molecule has 0 bridgehead atoms. The molecule has 21 heavy (non-hydrogen) atoms. The summed E-state index contributed by atoms with van der Waals surface area (Å²) in [5.41, 5.74) is 2.93. The Morgan fingerprint density at radius 1 is 1.14 bits per heavy atom. The Hall–Kier alpha value is -2.69. The van der Waals surface area contributed by atoms with Crippen molar-refractivity contribution in [1.29, 1.82) is 0 Å². The molecule has 0 aliphatic carbocycles. The summed E-state index contributed by atoms with van der Waals surface area (Å²) in [6, 6.07) is 10.2. The predicted octanol–water partition coefficient (Wildman–Crippen LogP) is 3.50. The van der Waals surface area contributed by atoms with Gasteiger partial charge in [-0.05, 0) is 31.0 Å². The SMILES string of the molecule is Cc1cccc(Cc2cccc(C(=O)O)c2C)c1[N+](=O)[O-]. The first-order valence-corrected chi connectivity index (χ1v) is 6.46. The van der Waals surface area contributed by atoms with E-state index < -0.39 is 5.97 Å². The lowest BCUT2D eigenvalue weighted by molar-refractivity contribution is -0.386. The molecular weight excluding hydrogens is 270 g/mol. The van der Waals surface area contributed by atoms with E-state index in [-0.39, 0.29) is 16.2 Å². The normalized spacial score (nSPS) is 10.4. The molecule has 0 unspecified atom stereocenters. The van der Waals surface area contributed by atoms with Gasteiger partial charge in [-0.15, -0.1) is 0 Å². The number of hydrogen-bond acceptors (Lipinski definition) is 3. The summed E-state index contributed by atoms with van der Waals surface area (Å²) in [4.78, 5) is 22.0. The van der Waals surface area contributed by atoms with Crippen LogP contribution in [0, 0.1) is 24.0 Å².